The Hall–Kier alpha value is -2.73. The fourth-order valence-electron chi connectivity index (χ4n) is 1.97. The standard InChI is InChI=1S/C15H12ClN5O/c1-10-5-6-11(7-18-10)15(22)20-13-4-2-3-12(16)14(13)21-9-17-8-19-21/h2-9H,1H3,(H,20,22). The molecule has 3 aromatic rings. The Morgan fingerprint density at radius 1 is 1.27 bits per heavy atom. The number of halogens is 1. The van der Waals surface area contributed by atoms with Crippen LogP contribution in [0.25, 0.3) is 5.69 Å². The van der Waals surface area contributed by atoms with E-state index < -0.39 is 0 Å². The zero-order valence-corrected chi connectivity index (χ0v) is 12.4. The molecule has 0 aliphatic rings. The number of aryl methyl sites for hydroxylation is 1. The number of anilines is 1. The van der Waals surface area contributed by atoms with E-state index in [4.69, 9.17) is 11.6 Å². The van der Waals surface area contributed by atoms with Crippen LogP contribution >= 0.6 is 11.6 Å². The van der Waals surface area contributed by atoms with E-state index in [1.165, 1.54) is 23.5 Å². The van der Waals surface area contributed by atoms with Crippen LogP contribution in [0.1, 0.15) is 16.1 Å². The lowest BCUT2D eigenvalue weighted by atomic mass is 10.2. The number of rotatable bonds is 3. The van der Waals surface area contributed by atoms with E-state index in [-0.39, 0.29) is 5.91 Å². The minimum absolute atomic E-state index is 0.267. The molecule has 0 radical (unpaired) electrons. The van der Waals surface area contributed by atoms with Crippen molar-refractivity contribution in [2.24, 2.45) is 0 Å². The summed E-state index contributed by atoms with van der Waals surface area (Å²) < 4.78 is 1.51. The number of carbonyl (C=O) groups is 1. The molecule has 22 heavy (non-hydrogen) atoms. The number of hydrogen-bond acceptors (Lipinski definition) is 4. The fourth-order valence-corrected chi connectivity index (χ4v) is 2.23. The summed E-state index contributed by atoms with van der Waals surface area (Å²) in [6.07, 6.45) is 4.45. The van der Waals surface area contributed by atoms with Gasteiger partial charge >= 0.3 is 0 Å². The first-order valence-corrected chi connectivity index (χ1v) is 6.90. The summed E-state index contributed by atoms with van der Waals surface area (Å²) in [5, 5.41) is 7.34. The van der Waals surface area contributed by atoms with Gasteiger partial charge in [-0.3, -0.25) is 9.78 Å². The number of pyridine rings is 1. The third-order valence-corrected chi connectivity index (χ3v) is 3.36. The highest BCUT2D eigenvalue weighted by atomic mass is 35.5. The molecule has 7 heteroatoms. The van der Waals surface area contributed by atoms with Gasteiger partial charge in [0.1, 0.15) is 18.3 Å². The molecule has 1 N–H and O–H groups in total. The number of hydrogen-bond donors (Lipinski definition) is 1. The largest absolute Gasteiger partial charge is 0.320 e. The molecule has 0 bridgehead atoms. The summed E-state index contributed by atoms with van der Waals surface area (Å²) in [5.41, 5.74) is 2.43. The number of amides is 1. The molecule has 0 atom stereocenters. The monoisotopic (exact) mass is 313 g/mol. The Morgan fingerprint density at radius 2 is 2.14 bits per heavy atom. The van der Waals surface area contributed by atoms with Crippen molar-refractivity contribution in [3.05, 3.63) is 65.5 Å². The van der Waals surface area contributed by atoms with Gasteiger partial charge in [0.2, 0.25) is 0 Å². The molecule has 1 amide bonds. The van der Waals surface area contributed by atoms with Gasteiger partial charge in [0.15, 0.2) is 0 Å². The van der Waals surface area contributed by atoms with E-state index in [2.05, 4.69) is 20.4 Å². The first-order chi connectivity index (χ1) is 10.6. The molecule has 2 aromatic heterocycles. The van der Waals surface area contributed by atoms with Crippen LogP contribution in [0, 0.1) is 6.92 Å². The van der Waals surface area contributed by atoms with E-state index in [0.717, 1.165) is 5.69 Å². The third-order valence-electron chi connectivity index (χ3n) is 3.06. The summed E-state index contributed by atoms with van der Waals surface area (Å²) in [6.45, 7) is 1.86. The van der Waals surface area contributed by atoms with Crippen LogP contribution in [0.2, 0.25) is 5.02 Å². The molecular formula is C15H12ClN5O. The Bertz CT molecular complexity index is 799. The van der Waals surface area contributed by atoms with Gasteiger partial charge in [-0.1, -0.05) is 17.7 Å². The van der Waals surface area contributed by atoms with Gasteiger partial charge < -0.3 is 5.32 Å². The Kier molecular flexibility index (Phi) is 3.84. The van der Waals surface area contributed by atoms with E-state index in [0.29, 0.717) is 22.0 Å². The van der Waals surface area contributed by atoms with Gasteiger partial charge in [0.25, 0.3) is 5.91 Å². The van der Waals surface area contributed by atoms with Crippen molar-refractivity contribution in [2.45, 2.75) is 6.92 Å². The number of para-hydroxylation sites is 1. The van der Waals surface area contributed by atoms with Crippen LogP contribution in [0.3, 0.4) is 0 Å². The van der Waals surface area contributed by atoms with Crippen molar-refractivity contribution in [2.75, 3.05) is 5.32 Å². The van der Waals surface area contributed by atoms with E-state index >= 15 is 0 Å². The maximum absolute atomic E-state index is 12.3. The molecule has 3 rings (SSSR count). The fraction of sp³-hybridized carbons (Fsp3) is 0.0667. The SMILES string of the molecule is Cc1ccc(C(=O)Nc2cccc(Cl)c2-n2cncn2)cn1. The van der Waals surface area contributed by atoms with Gasteiger partial charge in [-0.25, -0.2) is 9.67 Å². The zero-order chi connectivity index (χ0) is 15.5. The minimum atomic E-state index is -0.267. The highest BCUT2D eigenvalue weighted by Crippen LogP contribution is 2.28. The molecular weight excluding hydrogens is 302 g/mol. The average molecular weight is 314 g/mol. The minimum Gasteiger partial charge on any atom is -0.320 e. The van der Waals surface area contributed by atoms with Crippen LogP contribution in [0.15, 0.2) is 49.2 Å². The maximum Gasteiger partial charge on any atom is 0.257 e. The van der Waals surface area contributed by atoms with Crippen LogP contribution in [0.4, 0.5) is 5.69 Å². The molecule has 2 heterocycles. The molecule has 0 unspecified atom stereocenters. The predicted octanol–water partition coefficient (Wildman–Crippen LogP) is 2.88. The molecule has 0 aliphatic heterocycles. The van der Waals surface area contributed by atoms with Crippen molar-refractivity contribution >= 4 is 23.2 Å². The molecule has 0 saturated heterocycles. The smallest absolute Gasteiger partial charge is 0.257 e. The lowest BCUT2D eigenvalue weighted by molar-refractivity contribution is 0.102. The van der Waals surface area contributed by atoms with Crippen molar-refractivity contribution in [3.8, 4) is 5.69 Å². The number of nitrogens with one attached hydrogen (secondary N) is 1. The lowest BCUT2D eigenvalue weighted by Gasteiger charge is -2.12. The topological polar surface area (TPSA) is 72.7 Å². The Morgan fingerprint density at radius 3 is 2.82 bits per heavy atom. The summed E-state index contributed by atoms with van der Waals surface area (Å²) >= 11 is 6.22. The maximum atomic E-state index is 12.3. The normalized spacial score (nSPS) is 10.5. The second-order valence-electron chi connectivity index (χ2n) is 4.62. The first-order valence-electron chi connectivity index (χ1n) is 6.52. The Labute approximate surface area is 131 Å². The van der Waals surface area contributed by atoms with Crippen LogP contribution in [0.5, 0.6) is 0 Å². The molecule has 0 saturated carbocycles. The second kappa shape index (κ2) is 5.95. The Balaban J connectivity index is 1.94. The van der Waals surface area contributed by atoms with Gasteiger partial charge in [0.05, 0.1) is 16.3 Å². The van der Waals surface area contributed by atoms with Crippen LogP contribution in [-0.4, -0.2) is 25.7 Å². The summed E-state index contributed by atoms with van der Waals surface area (Å²) in [4.78, 5) is 20.3. The highest BCUT2D eigenvalue weighted by Gasteiger charge is 2.13. The van der Waals surface area contributed by atoms with Crippen LogP contribution in [-0.2, 0) is 0 Å². The molecule has 1 aromatic carbocycles. The van der Waals surface area contributed by atoms with E-state index in [1.54, 1.807) is 30.3 Å². The number of aromatic nitrogens is 4. The van der Waals surface area contributed by atoms with Gasteiger partial charge in [-0.05, 0) is 31.2 Å². The zero-order valence-electron chi connectivity index (χ0n) is 11.7. The van der Waals surface area contributed by atoms with Crippen molar-refractivity contribution < 1.29 is 4.79 Å². The second-order valence-corrected chi connectivity index (χ2v) is 5.03. The van der Waals surface area contributed by atoms with Gasteiger partial charge in [-0.15, -0.1) is 0 Å². The number of carbonyl (C=O) groups excluding carboxylic acids is 1. The van der Waals surface area contributed by atoms with E-state index in [1.807, 2.05) is 6.92 Å². The number of benzene rings is 1. The highest BCUT2D eigenvalue weighted by molar-refractivity contribution is 6.33. The summed E-state index contributed by atoms with van der Waals surface area (Å²) in [6, 6.07) is 8.73. The number of nitrogens with zero attached hydrogens (tertiary/aromatic N) is 4. The molecule has 6 nitrogen and oxygen atoms in total. The molecule has 0 spiro atoms. The van der Waals surface area contributed by atoms with Crippen molar-refractivity contribution in [1.29, 1.82) is 0 Å². The predicted molar refractivity (Wildman–Crippen MR) is 83.3 cm³/mol. The molecule has 0 fully saturated rings. The van der Waals surface area contributed by atoms with Crippen molar-refractivity contribution in [3.63, 3.8) is 0 Å². The summed E-state index contributed by atoms with van der Waals surface area (Å²) in [5.74, 6) is -0.267. The van der Waals surface area contributed by atoms with Gasteiger partial charge in [0, 0.05) is 11.9 Å². The molecule has 110 valence electrons. The van der Waals surface area contributed by atoms with Crippen molar-refractivity contribution in [1.82, 2.24) is 19.7 Å². The van der Waals surface area contributed by atoms with Gasteiger partial charge in [-0.2, -0.15) is 5.10 Å². The van der Waals surface area contributed by atoms with E-state index in [9.17, 15) is 4.79 Å². The lowest BCUT2D eigenvalue weighted by Crippen LogP contribution is -2.14. The average Bonchev–Trinajstić information content (AvgIpc) is 3.02. The quantitative estimate of drug-likeness (QED) is 0.807. The molecule has 0 aliphatic carbocycles. The third kappa shape index (κ3) is 2.82. The van der Waals surface area contributed by atoms with Crippen LogP contribution < -0.4 is 5.32 Å². The first kappa shape index (κ1) is 14.2. The summed E-state index contributed by atoms with van der Waals surface area (Å²) in [7, 11) is 0.